The first-order valence-electron chi connectivity index (χ1n) is 5.44. The Bertz CT molecular complexity index is 540. The Kier molecular flexibility index (Phi) is 3.94. The molecule has 0 bridgehead atoms. The Balaban J connectivity index is 2.18. The van der Waals surface area contributed by atoms with Crippen LogP contribution in [0.4, 0.5) is 8.78 Å². The molecule has 0 radical (unpaired) electrons. The summed E-state index contributed by atoms with van der Waals surface area (Å²) in [5.41, 5.74) is 0.870. The molecule has 1 atom stereocenters. The van der Waals surface area contributed by atoms with Crippen LogP contribution in [-0.4, -0.2) is 5.11 Å². The summed E-state index contributed by atoms with van der Waals surface area (Å²) in [5, 5.41) is 10.3. The minimum absolute atomic E-state index is 0.145. The van der Waals surface area contributed by atoms with Gasteiger partial charge in [-0.1, -0.05) is 23.7 Å². The van der Waals surface area contributed by atoms with Gasteiger partial charge in [0.2, 0.25) is 0 Å². The SMILES string of the molecule is OC(Cc1ccc(F)cc1)c1cc(Cl)ccc1F. The van der Waals surface area contributed by atoms with Gasteiger partial charge in [0, 0.05) is 17.0 Å². The lowest BCUT2D eigenvalue weighted by Crippen LogP contribution is -2.04. The molecule has 0 spiro atoms. The molecule has 2 rings (SSSR count). The van der Waals surface area contributed by atoms with Gasteiger partial charge in [0.25, 0.3) is 0 Å². The standard InChI is InChI=1S/C14H11ClF2O/c15-10-3-6-13(17)12(8-10)14(18)7-9-1-4-11(16)5-2-9/h1-6,8,14,18H,7H2. The molecule has 18 heavy (non-hydrogen) atoms. The summed E-state index contributed by atoms with van der Waals surface area (Å²) in [4.78, 5) is 0. The maximum atomic E-state index is 13.5. The molecule has 0 aliphatic carbocycles. The zero-order chi connectivity index (χ0) is 13.1. The molecule has 94 valence electrons. The number of hydrogen-bond donors (Lipinski definition) is 1. The fourth-order valence-corrected chi connectivity index (χ4v) is 1.90. The predicted octanol–water partition coefficient (Wildman–Crippen LogP) is 3.89. The largest absolute Gasteiger partial charge is 0.388 e. The molecule has 0 amide bonds. The first-order valence-corrected chi connectivity index (χ1v) is 5.81. The highest BCUT2D eigenvalue weighted by Gasteiger charge is 2.14. The number of benzene rings is 2. The molecule has 0 aliphatic heterocycles. The third-order valence-corrected chi connectivity index (χ3v) is 2.89. The Morgan fingerprint density at radius 3 is 2.39 bits per heavy atom. The number of hydrogen-bond acceptors (Lipinski definition) is 1. The minimum atomic E-state index is -1.01. The molecular weight excluding hydrogens is 258 g/mol. The number of halogens is 3. The van der Waals surface area contributed by atoms with E-state index < -0.39 is 11.9 Å². The summed E-state index contributed by atoms with van der Waals surface area (Å²) in [6, 6.07) is 9.75. The molecule has 0 saturated carbocycles. The van der Waals surface area contributed by atoms with Gasteiger partial charge in [-0.15, -0.1) is 0 Å². The second-order valence-electron chi connectivity index (χ2n) is 4.01. The molecule has 2 aromatic carbocycles. The van der Waals surface area contributed by atoms with Crippen molar-refractivity contribution in [3.05, 3.63) is 70.2 Å². The van der Waals surface area contributed by atoms with Crippen molar-refractivity contribution in [2.24, 2.45) is 0 Å². The molecule has 1 unspecified atom stereocenters. The van der Waals surface area contributed by atoms with Crippen molar-refractivity contribution in [1.82, 2.24) is 0 Å². The van der Waals surface area contributed by atoms with Crippen molar-refractivity contribution in [2.75, 3.05) is 0 Å². The van der Waals surface area contributed by atoms with Crippen molar-refractivity contribution < 1.29 is 13.9 Å². The topological polar surface area (TPSA) is 20.2 Å². The summed E-state index contributed by atoms with van der Waals surface area (Å²) in [7, 11) is 0. The Hall–Kier alpha value is -1.45. The van der Waals surface area contributed by atoms with Gasteiger partial charge in [0.1, 0.15) is 11.6 Å². The van der Waals surface area contributed by atoms with Gasteiger partial charge in [-0.25, -0.2) is 8.78 Å². The summed E-state index contributed by atoms with van der Waals surface area (Å²) in [6.45, 7) is 0. The molecule has 0 aromatic heterocycles. The molecule has 0 heterocycles. The maximum absolute atomic E-state index is 13.5. The van der Waals surface area contributed by atoms with E-state index in [1.165, 1.54) is 30.3 Å². The van der Waals surface area contributed by atoms with Crippen LogP contribution in [0.15, 0.2) is 42.5 Å². The highest BCUT2D eigenvalue weighted by molar-refractivity contribution is 6.30. The highest BCUT2D eigenvalue weighted by Crippen LogP contribution is 2.24. The molecule has 0 aliphatic rings. The molecule has 4 heteroatoms. The molecule has 1 N–H and O–H groups in total. The van der Waals surface area contributed by atoms with Crippen molar-refractivity contribution in [2.45, 2.75) is 12.5 Å². The summed E-state index contributed by atoms with van der Waals surface area (Å²) in [5.74, 6) is -0.851. The molecular formula is C14H11ClF2O. The molecule has 2 aromatic rings. The lowest BCUT2D eigenvalue weighted by molar-refractivity contribution is 0.173. The number of rotatable bonds is 3. The van der Waals surface area contributed by atoms with E-state index in [4.69, 9.17) is 11.6 Å². The fourth-order valence-electron chi connectivity index (χ4n) is 1.72. The second kappa shape index (κ2) is 5.46. The monoisotopic (exact) mass is 268 g/mol. The van der Waals surface area contributed by atoms with Crippen molar-refractivity contribution in [1.29, 1.82) is 0 Å². The van der Waals surface area contributed by atoms with Gasteiger partial charge in [-0.05, 0) is 35.9 Å². The van der Waals surface area contributed by atoms with Crippen LogP contribution in [0.3, 0.4) is 0 Å². The van der Waals surface area contributed by atoms with Crippen molar-refractivity contribution in [3.8, 4) is 0 Å². The predicted molar refractivity (Wildman–Crippen MR) is 66.5 cm³/mol. The number of aliphatic hydroxyl groups excluding tert-OH is 1. The lowest BCUT2D eigenvalue weighted by Gasteiger charge is -2.12. The zero-order valence-electron chi connectivity index (χ0n) is 9.41. The second-order valence-corrected chi connectivity index (χ2v) is 4.45. The third-order valence-electron chi connectivity index (χ3n) is 2.66. The molecule has 0 saturated heterocycles. The van der Waals surface area contributed by atoms with E-state index in [0.29, 0.717) is 5.02 Å². The van der Waals surface area contributed by atoms with Gasteiger partial charge >= 0.3 is 0 Å². The van der Waals surface area contributed by atoms with Crippen molar-refractivity contribution >= 4 is 11.6 Å². The highest BCUT2D eigenvalue weighted by atomic mass is 35.5. The summed E-state index contributed by atoms with van der Waals surface area (Å²) >= 11 is 5.76. The van der Waals surface area contributed by atoms with Gasteiger partial charge in [-0.3, -0.25) is 0 Å². The third kappa shape index (κ3) is 3.06. The summed E-state index contributed by atoms with van der Waals surface area (Å²) < 4.78 is 26.2. The van der Waals surface area contributed by atoms with Gasteiger partial charge in [0.05, 0.1) is 6.10 Å². The van der Waals surface area contributed by atoms with Crippen LogP contribution in [-0.2, 0) is 6.42 Å². The lowest BCUT2D eigenvalue weighted by atomic mass is 10.0. The zero-order valence-corrected chi connectivity index (χ0v) is 10.2. The Morgan fingerprint density at radius 2 is 1.72 bits per heavy atom. The quantitative estimate of drug-likeness (QED) is 0.895. The van der Waals surface area contributed by atoms with Crippen LogP contribution in [0, 0.1) is 11.6 Å². The van der Waals surface area contributed by atoms with Gasteiger partial charge in [-0.2, -0.15) is 0 Å². The fraction of sp³-hybridized carbons (Fsp3) is 0.143. The van der Waals surface area contributed by atoms with E-state index >= 15 is 0 Å². The van der Waals surface area contributed by atoms with Crippen LogP contribution in [0.5, 0.6) is 0 Å². The van der Waals surface area contributed by atoms with Crippen LogP contribution in [0.1, 0.15) is 17.2 Å². The minimum Gasteiger partial charge on any atom is -0.388 e. The van der Waals surface area contributed by atoms with Crippen LogP contribution in [0.25, 0.3) is 0 Å². The van der Waals surface area contributed by atoms with Crippen LogP contribution >= 0.6 is 11.6 Å². The maximum Gasteiger partial charge on any atom is 0.129 e. The Morgan fingerprint density at radius 1 is 1.06 bits per heavy atom. The van der Waals surface area contributed by atoms with E-state index in [1.807, 2.05) is 0 Å². The smallest absolute Gasteiger partial charge is 0.129 e. The van der Waals surface area contributed by atoms with E-state index in [1.54, 1.807) is 12.1 Å². The average molecular weight is 269 g/mol. The van der Waals surface area contributed by atoms with E-state index in [2.05, 4.69) is 0 Å². The van der Waals surface area contributed by atoms with E-state index in [9.17, 15) is 13.9 Å². The first kappa shape index (κ1) is 13.0. The van der Waals surface area contributed by atoms with Gasteiger partial charge < -0.3 is 5.11 Å². The van der Waals surface area contributed by atoms with Gasteiger partial charge in [0.15, 0.2) is 0 Å². The average Bonchev–Trinajstić information content (AvgIpc) is 2.35. The normalized spacial score (nSPS) is 12.4. The summed E-state index contributed by atoms with van der Waals surface area (Å²) in [6.07, 6.45) is -0.800. The van der Waals surface area contributed by atoms with E-state index in [-0.39, 0.29) is 17.8 Å². The van der Waals surface area contributed by atoms with Crippen molar-refractivity contribution in [3.63, 3.8) is 0 Å². The van der Waals surface area contributed by atoms with Crippen LogP contribution < -0.4 is 0 Å². The Labute approximate surface area is 109 Å². The number of aliphatic hydroxyl groups is 1. The first-order chi connectivity index (χ1) is 8.56. The molecule has 1 nitrogen and oxygen atoms in total. The van der Waals surface area contributed by atoms with Crippen LogP contribution in [0.2, 0.25) is 5.02 Å². The van der Waals surface area contributed by atoms with E-state index in [0.717, 1.165) is 5.56 Å². The molecule has 0 fully saturated rings.